The van der Waals surface area contributed by atoms with Gasteiger partial charge in [0.2, 0.25) is 0 Å². The number of carbonyl (C=O) groups is 1. The van der Waals surface area contributed by atoms with Crippen LogP contribution in [0.1, 0.15) is 48.7 Å². The molecular formula is C45H47Cl2FN2O3S. The molecule has 3 aromatic carbocycles. The molecule has 5 nitrogen and oxygen atoms in total. The van der Waals surface area contributed by atoms with Crippen molar-refractivity contribution in [3.05, 3.63) is 172 Å². The lowest BCUT2D eigenvalue weighted by molar-refractivity contribution is 0.0739. The van der Waals surface area contributed by atoms with E-state index in [1.165, 1.54) is 24.3 Å². The number of halogens is 3. The summed E-state index contributed by atoms with van der Waals surface area (Å²) in [5.41, 5.74) is 4.25. The molecule has 1 amide bonds. The van der Waals surface area contributed by atoms with Crippen molar-refractivity contribution in [2.75, 3.05) is 19.6 Å². The van der Waals surface area contributed by atoms with Crippen LogP contribution in [-0.2, 0) is 17.5 Å². The van der Waals surface area contributed by atoms with E-state index in [4.69, 9.17) is 23.2 Å². The predicted octanol–water partition coefficient (Wildman–Crippen LogP) is 11.1. The minimum atomic E-state index is -1.82. The molecule has 2 unspecified atom stereocenters. The van der Waals surface area contributed by atoms with Crippen LogP contribution in [0.15, 0.2) is 150 Å². The van der Waals surface area contributed by atoms with E-state index >= 15 is 0 Å². The summed E-state index contributed by atoms with van der Waals surface area (Å²) in [7, 11) is -1.82. The van der Waals surface area contributed by atoms with Crippen molar-refractivity contribution < 1.29 is 18.5 Å². The average Bonchev–Trinajstić information content (AvgIpc) is 3.38. The van der Waals surface area contributed by atoms with Crippen molar-refractivity contribution in [1.82, 2.24) is 9.21 Å². The lowest BCUT2D eigenvalue weighted by atomic mass is 10.0. The van der Waals surface area contributed by atoms with Crippen LogP contribution in [0.2, 0.25) is 10.0 Å². The Kier molecular flexibility index (Phi) is 18.7. The van der Waals surface area contributed by atoms with Gasteiger partial charge in [-0.3, -0.25) is 4.79 Å². The smallest absolute Gasteiger partial charge is 0.253 e. The summed E-state index contributed by atoms with van der Waals surface area (Å²) < 4.78 is 29.5. The Hall–Kier alpha value is -4.71. The van der Waals surface area contributed by atoms with Gasteiger partial charge in [0, 0.05) is 36.8 Å². The number of phenolic OH excluding ortho intramolecular Hbond substituents is 1. The van der Waals surface area contributed by atoms with Gasteiger partial charge in [-0.05, 0) is 72.4 Å². The number of carbonyl (C=O) groups excluding carboxylic acids is 1. The van der Waals surface area contributed by atoms with E-state index in [0.29, 0.717) is 44.1 Å². The number of hydrogen-bond acceptors (Lipinski definition) is 3. The third-order valence-electron chi connectivity index (χ3n) is 7.94. The highest BCUT2D eigenvalue weighted by Gasteiger charge is 2.22. The second-order valence-corrected chi connectivity index (χ2v) is 15.1. The molecule has 0 aromatic heterocycles. The molecule has 0 saturated heterocycles. The second kappa shape index (κ2) is 23.2. The molecule has 9 heteroatoms. The van der Waals surface area contributed by atoms with Gasteiger partial charge in [-0.2, -0.15) is 0 Å². The molecule has 282 valence electrons. The van der Waals surface area contributed by atoms with Crippen molar-refractivity contribution in [2.45, 2.75) is 44.8 Å². The highest BCUT2D eigenvalue weighted by Crippen LogP contribution is 2.35. The highest BCUT2D eigenvalue weighted by molar-refractivity contribution is 7.82. The van der Waals surface area contributed by atoms with Gasteiger partial charge in [0.25, 0.3) is 5.91 Å². The van der Waals surface area contributed by atoms with Crippen LogP contribution in [0.4, 0.5) is 4.39 Å². The molecule has 4 rings (SSSR count). The van der Waals surface area contributed by atoms with Gasteiger partial charge in [-0.1, -0.05) is 146 Å². The Morgan fingerprint density at radius 2 is 1.63 bits per heavy atom. The quantitative estimate of drug-likeness (QED) is 0.131. The van der Waals surface area contributed by atoms with Crippen molar-refractivity contribution >= 4 is 45.7 Å². The first-order valence-electron chi connectivity index (χ1n) is 17.5. The minimum absolute atomic E-state index is 0.0177. The van der Waals surface area contributed by atoms with Gasteiger partial charge in [-0.15, -0.1) is 12.8 Å². The van der Waals surface area contributed by atoms with E-state index in [9.17, 15) is 18.5 Å². The maximum Gasteiger partial charge on any atom is 0.253 e. The maximum atomic E-state index is 14.0. The molecule has 1 aliphatic carbocycles. The standard InChI is InChI=1S/C43H45Cl2FN2O3S.C2H2/c1-32(2)29-47(43(50)37-16-11-7-5-4-6-8-12-17-37)26-13-9-10-15-33(3)30-48(52(51)41-28-38(44)27-40(45)42(41)49)31-34-20-22-36(23-21-34)35-18-14-19-39(46)25-24-35;1-2/h4-12,14-25,27-28,32,39,49H,13,26,29-31H2,1-3H3;1-2H/b5-4?,6-4?,7-5?,8-6?,10-9-,11-7?,12-8?,16-11?,17-12?,33-15+,37-16?,37-17?;. The fraction of sp³-hybridized carbons (Fsp3) is 0.222. The van der Waals surface area contributed by atoms with Crippen molar-refractivity contribution in [3.63, 3.8) is 0 Å². The first-order chi connectivity index (χ1) is 26.0. The lowest BCUT2D eigenvalue weighted by Crippen LogP contribution is -2.34. The second-order valence-electron chi connectivity index (χ2n) is 12.8. The largest absolute Gasteiger partial charge is 0.505 e. The lowest BCUT2D eigenvalue weighted by Gasteiger charge is -2.24. The molecule has 0 spiro atoms. The molecule has 1 N–H and O–H groups in total. The SMILES string of the molecule is C#C.C/C(=C\C=C/CCN(CC(C)C)C(=O)c1ccccccccc1)CN(Cc1ccc(C2=CC=CC(F)C=C2)cc1)S(=O)c1cc(Cl)cc(Cl)c1O. The van der Waals surface area contributed by atoms with E-state index in [2.05, 4.69) is 26.7 Å². The Morgan fingerprint density at radius 3 is 2.28 bits per heavy atom. The molecule has 0 bridgehead atoms. The predicted molar refractivity (Wildman–Crippen MR) is 225 cm³/mol. The zero-order chi connectivity index (χ0) is 39.5. The molecular weight excluding hydrogens is 738 g/mol. The molecule has 0 heterocycles. The summed E-state index contributed by atoms with van der Waals surface area (Å²) in [6, 6.07) is 27.6. The summed E-state index contributed by atoms with van der Waals surface area (Å²) in [6.45, 7) is 7.95. The maximum absolute atomic E-state index is 14.0. The number of phenols is 1. The number of nitrogens with zero attached hydrogens (tertiary/aromatic N) is 2. The number of hydrogen-bond donors (Lipinski definition) is 1. The van der Waals surface area contributed by atoms with Crippen molar-refractivity contribution in [2.24, 2.45) is 5.92 Å². The summed E-state index contributed by atoms with van der Waals surface area (Å²) in [6.07, 6.45) is 21.8. The number of alkyl halides is 1. The summed E-state index contributed by atoms with van der Waals surface area (Å²) >= 11 is 12.4. The number of amides is 1. The van der Waals surface area contributed by atoms with Crippen LogP contribution in [0, 0.1) is 18.8 Å². The van der Waals surface area contributed by atoms with E-state index in [-0.39, 0.29) is 26.6 Å². The zero-order valence-electron chi connectivity index (χ0n) is 30.8. The summed E-state index contributed by atoms with van der Waals surface area (Å²) in [5.74, 6) is 0.0106. The normalized spacial score (nSPS) is 14.5. The fourth-order valence-electron chi connectivity index (χ4n) is 5.39. The molecule has 1 aliphatic rings. The van der Waals surface area contributed by atoms with Crippen LogP contribution in [0.5, 0.6) is 5.75 Å². The van der Waals surface area contributed by atoms with Crippen molar-refractivity contribution in [3.8, 4) is 18.6 Å². The zero-order valence-corrected chi connectivity index (χ0v) is 33.2. The molecule has 2 atom stereocenters. The topological polar surface area (TPSA) is 60.9 Å². The number of benzene rings is 2. The van der Waals surface area contributed by atoms with Crippen LogP contribution in [-0.4, -0.2) is 50.2 Å². The molecule has 3 aromatic rings. The Morgan fingerprint density at radius 1 is 0.981 bits per heavy atom. The van der Waals surface area contributed by atoms with Gasteiger partial charge in [0.15, 0.2) is 5.75 Å². The van der Waals surface area contributed by atoms with Crippen LogP contribution < -0.4 is 0 Å². The Bertz CT molecular complexity index is 1940. The third kappa shape index (κ3) is 14.3. The summed E-state index contributed by atoms with van der Waals surface area (Å²) in [5, 5.41) is 11.0. The number of aromatic hydroxyl groups is 1. The third-order valence-corrected chi connectivity index (χ3v) is 9.86. The van der Waals surface area contributed by atoms with Crippen LogP contribution >= 0.6 is 23.2 Å². The van der Waals surface area contributed by atoms with Gasteiger partial charge in [-0.25, -0.2) is 12.9 Å². The monoisotopic (exact) mass is 784 g/mol. The Balaban J connectivity index is 0.00000385. The van der Waals surface area contributed by atoms with E-state index in [1.807, 2.05) is 115 Å². The minimum Gasteiger partial charge on any atom is -0.505 e. The van der Waals surface area contributed by atoms with Gasteiger partial charge in [0.05, 0.1) is 9.92 Å². The molecule has 0 radical (unpaired) electrons. The van der Waals surface area contributed by atoms with E-state index < -0.39 is 17.2 Å². The van der Waals surface area contributed by atoms with Crippen LogP contribution in [0.25, 0.3) is 5.57 Å². The van der Waals surface area contributed by atoms with Gasteiger partial charge in [0.1, 0.15) is 17.2 Å². The van der Waals surface area contributed by atoms with E-state index in [1.54, 1.807) is 16.5 Å². The van der Waals surface area contributed by atoms with Gasteiger partial charge >= 0.3 is 0 Å². The number of rotatable bonds is 14. The molecule has 0 fully saturated rings. The first-order valence-corrected chi connectivity index (χ1v) is 19.4. The molecule has 0 saturated carbocycles. The highest BCUT2D eigenvalue weighted by atomic mass is 35.5. The average molecular weight is 786 g/mol. The fourth-order valence-corrected chi connectivity index (χ4v) is 7.38. The first kappa shape index (κ1) is 43.7. The van der Waals surface area contributed by atoms with Crippen molar-refractivity contribution in [1.29, 1.82) is 0 Å². The molecule has 0 aliphatic heterocycles. The van der Waals surface area contributed by atoms with Crippen LogP contribution in [0.3, 0.4) is 0 Å². The Labute approximate surface area is 332 Å². The number of terminal acetylenes is 1. The number of allylic oxidation sites excluding steroid dienone is 8. The van der Waals surface area contributed by atoms with Gasteiger partial charge < -0.3 is 10.0 Å². The van der Waals surface area contributed by atoms with E-state index in [0.717, 1.165) is 22.3 Å². The summed E-state index contributed by atoms with van der Waals surface area (Å²) in [4.78, 5) is 15.5. The molecule has 54 heavy (non-hydrogen) atoms.